The van der Waals surface area contributed by atoms with Crippen LogP contribution < -0.4 is 0 Å². The van der Waals surface area contributed by atoms with E-state index in [4.69, 9.17) is 0 Å². The van der Waals surface area contributed by atoms with Gasteiger partial charge in [0.05, 0.1) is 5.37 Å². The molecule has 0 aliphatic carbocycles. The molecule has 1 heterocycles. The molecule has 5 nitrogen and oxygen atoms in total. The molecular formula is C13H24N2O3S. The summed E-state index contributed by atoms with van der Waals surface area (Å²) in [5.41, 5.74) is 0. The Bertz CT molecular complexity index is 325. The maximum atomic E-state index is 12.4. The Morgan fingerprint density at radius 1 is 1.37 bits per heavy atom. The van der Waals surface area contributed by atoms with Crippen molar-refractivity contribution in [3.05, 3.63) is 0 Å². The number of urea groups is 1. The second kappa shape index (κ2) is 7.62. The summed E-state index contributed by atoms with van der Waals surface area (Å²) >= 11 is 1.58. The molecule has 6 heteroatoms. The molecular weight excluding hydrogens is 264 g/mol. The molecule has 0 aromatic heterocycles. The van der Waals surface area contributed by atoms with Crippen molar-refractivity contribution in [2.75, 3.05) is 19.3 Å². The molecule has 1 N–H and O–H groups in total. The molecule has 0 radical (unpaired) electrons. The standard InChI is InChI=1S/C13H24N2O3S/c1-4-6-8-14(3)13(18)15-10(12(16)17)9-19-11(15)7-5-2/h10-11H,4-9H2,1-3H3,(H,16,17). The highest BCUT2D eigenvalue weighted by atomic mass is 32.2. The number of amides is 2. The highest BCUT2D eigenvalue weighted by Gasteiger charge is 2.42. The van der Waals surface area contributed by atoms with Crippen LogP contribution in [0, 0.1) is 0 Å². The Balaban J connectivity index is 2.76. The first-order chi connectivity index (χ1) is 9.02. The zero-order chi connectivity index (χ0) is 14.4. The van der Waals surface area contributed by atoms with Gasteiger partial charge in [-0.2, -0.15) is 0 Å². The Labute approximate surface area is 119 Å². The minimum absolute atomic E-state index is 0.00248. The monoisotopic (exact) mass is 288 g/mol. The van der Waals surface area contributed by atoms with Gasteiger partial charge in [-0.3, -0.25) is 4.90 Å². The number of rotatable bonds is 6. The Morgan fingerprint density at radius 2 is 2.05 bits per heavy atom. The van der Waals surface area contributed by atoms with Gasteiger partial charge in [0.25, 0.3) is 0 Å². The minimum atomic E-state index is -0.900. The molecule has 1 fully saturated rings. The summed E-state index contributed by atoms with van der Waals surface area (Å²) in [7, 11) is 1.75. The SMILES string of the molecule is CCCCN(C)C(=O)N1C(CCC)SCC1C(=O)O. The van der Waals surface area contributed by atoms with E-state index in [2.05, 4.69) is 13.8 Å². The van der Waals surface area contributed by atoms with Crippen LogP contribution in [0.4, 0.5) is 4.79 Å². The van der Waals surface area contributed by atoms with E-state index in [9.17, 15) is 14.7 Å². The van der Waals surface area contributed by atoms with Crippen LogP contribution in [0.5, 0.6) is 0 Å². The van der Waals surface area contributed by atoms with E-state index in [0.29, 0.717) is 12.3 Å². The fourth-order valence-electron chi connectivity index (χ4n) is 2.17. The van der Waals surface area contributed by atoms with Gasteiger partial charge in [-0.15, -0.1) is 11.8 Å². The van der Waals surface area contributed by atoms with Crippen LogP contribution in [0.1, 0.15) is 39.5 Å². The summed E-state index contributed by atoms with van der Waals surface area (Å²) < 4.78 is 0. The van der Waals surface area contributed by atoms with E-state index in [1.807, 2.05) is 0 Å². The largest absolute Gasteiger partial charge is 0.480 e. The number of thioether (sulfide) groups is 1. The Kier molecular flexibility index (Phi) is 6.48. The van der Waals surface area contributed by atoms with E-state index in [1.54, 1.807) is 28.6 Å². The number of hydrogen-bond acceptors (Lipinski definition) is 3. The number of carboxylic acids is 1. The molecule has 1 aliphatic heterocycles. The maximum Gasteiger partial charge on any atom is 0.327 e. The quantitative estimate of drug-likeness (QED) is 0.815. The third kappa shape index (κ3) is 4.03. The summed E-state index contributed by atoms with van der Waals surface area (Å²) in [6.07, 6.45) is 3.76. The first kappa shape index (κ1) is 16.1. The van der Waals surface area contributed by atoms with Crippen LogP contribution in [0.3, 0.4) is 0 Å². The van der Waals surface area contributed by atoms with Crippen molar-refractivity contribution in [3.8, 4) is 0 Å². The van der Waals surface area contributed by atoms with Crippen molar-refractivity contribution in [2.45, 2.75) is 50.9 Å². The van der Waals surface area contributed by atoms with E-state index in [1.165, 1.54) is 0 Å². The van der Waals surface area contributed by atoms with Crippen LogP contribution in [0.15, 0.2) is 0 Å². The molecule has 2 amide bonds. The summed E-state index contributed by atoms with van der Waals surface area (Å²) in [5, 5.41) is 9.25. The minimum Gasteiger partial charge on any atom is -0.480 e. The zero-order valence-corrected chi connectivity index (χ0v) is 12.8. The lowest BCUT2D eigenvalue weighted by atomic mass is 10.2. The summed E-state index contributed by atoms with van der Waals surface area (Å²) in [6.45, 7) is 4.81. The molecule has 0 spiro atoms. The van der Waals surface area contributed by atoms with Gasteiger partial charge in [0.1, 0.15) is 6.04 Å². The molecule has 2 atom stereocenters. The molecule has 1 aliphatic rings. The molecule has 0 aromatic rings. The number of carbonyl (C=O) groups excluding carboxylic acids is 1. The predicted molar refractivity (Wildman–Crippen MR) is 77.4 cm³/mol. The zero-order valence-electron chi connectivity index (χ0n) is 12.0. The number of carbonyl (C=O) groups is 2. The van der Waals surface area contributed by atoms with Crippen molar-refractivity contribution in [3.63, 3.8) is 0 Å². The molecule has 0 aromatic carbocycles. The van der Waals surface area contributed by atoms with Gasteiger partial charge in [0.2, 0.25) is 0 Å². The molecule has 2 unspecified atom stereocenters. The van der Waals surface area contributed by atoms with Gasteiger partial charge in [-0.25, -0.2) is 9.59 Å². The average molecular weight is 288 g/mol. The van der Waals surface area contributed by atoms with Crippen molar-refractivity contribution in [1.82, 2.24) is 9.80 Å². The molecule has 110 valence electrons. The van der Waals surface area contributed by atoms with E-state index >= 15 is 0 Å². The highest BCUT2D eigenvalue weighted by Crippen LogP contribution is 2.33. The van der Waals surface area contributed by atoms with Crippen LogP contribution >= 0.6 is 11.8 Å². The average Bonchev–Trinajstić information content (AvgIpc) is 2.79. The smallest absolute Gasteiger partial charge is 0.327 e. The fraction of sp³-hybridized carbons (Fsp3) is 0.846. The number of unbranched alkanes of at least 4 members (excludes halogenated alkanes) is 1. The number of aliphatic carboxylic acids is 1. The topological polar surface area (TPSA) is 60.9 Å². The van der Waals surface area contributed by atoms with Gasteiger partial charge in [0.15, 0.2) is 0 Å². The molecule has 1 saturated heterocycles. The third-order valence-electron chi connectivity index (χ3n) is 3.31. The predicted octanol–water partition coefficient (Wildman–Crippen LogP) is 2.47. The van der Waals surface area contributed by atoms with Crippen LogP contribution in [-0.4, -0.2) is 57.7 Å². The highest BCUT2D eigenvalue weighted by molar-refractivity contribution is 8.00. The van der Waals surface area contributed by atoms with Crippen LogP contribution in [-0.2, 0) is 4.79 Å². The van der Waals surface area contributed by atoms with Crippen molar-refractivity contribution >= 4 is 23.8 Å². The Morgan fingerprint density at radius 3 is 2.58 bits per heavy atom. The summed E-state index contributed by atoms with van der Waals surface area (Å²) in [6, 6.07) is -0.831. The summed E-state index contributed by atoms with van der Waals surface area (Å²) in [5.74, 6) is -0.406. The number of nitrogens with zero attached hydrogens (tertiary/aromatic N) is 2. The van der Waals surface area contributed by atoms with Crippen molar-refractivity contribution < 1.29 is 14.7 Å². The van der Waals surface area contributed by atoms with Crippen molar-refractivity contribution in [2.24, 2.45) is 0 Å². The van der Waals surface area contributed by atoms with E-state index < -0.39 is 12.0 Å². The summed E-state index contributed by atoms with van der Waals surface area (Å²) in [4.78, 5) is 26.9. The lowest BCUT2D eigenvalue weighted by Gasteiger charge is -2.31. The Hall–Kier alpha value is -0.910. The second-order valence-corrected chi connectivity index (χ2v) is 6.11. The van der Waals surface area contributed by atoms with Gasteiger partial charge < -0.3 is 10.0 Å². The lowest BCUT2D eigenvalue weighted by Crippen LogP contribution is -2.50. The second-order valence-electron chi connectivity index (χ2n) is 4.90. The lowest BCUT2D eigenvalue weighted by molar-refractivity contribution is -0.141. The molecule has 19 heavy (non-hydrogen) atoms. The van der Waals surface area contributed by atoms with Gasteiger partial charge >= 0.3 is 12.0 Å². The van der Waals surface area contributed by atoms with E-state index in [-0.39, 0.29) is 11.4 Å². The van der Waals surface area contributed by atoms with Crippen molar-refractivity contribution in [1.29, 1.82) is 0 Å². The van der Waals surface area contributed by atoms with E-state index in [0.717, 1.165) is 25.7 Å². The molecule has 0 bridgehead atoms. The van der Waals surface area contributed by atoms with Gasteiger partial charge in [-0.05, 0) is 12.8 Å². The third-order valence-corrected chi connectivity index (χ3v) is 4.66. The maximum absolute atomic E-state index is 12.4. The molecule has 0 saturated carbocycles. The first-order valence-electron chi connectivity index (χ1n) is 6.90. The fourth-order valence-corrected chi connectivity index (χ4v) is 3.68. The number of carboxylic acid groups (broad SMARTS) is 1. The first-order valence-corrected chi connectivity index (χ1v) is 7.95. The number of hydrogen-bond donors (Lipinski definition) is 1. The molecule has 1 rings (SSSR count). The van der Waals surface area contributed by atoms with Gasteiger partial charge in [0, 0.05) is 19.3 Å². The van der Waals surface area contributed by atoms with Crippen LogP contribution in [0.25, 0.3) is 0 Å². The van der Waals surface area contributed by atoms with Crippen LogP contribution in [0.2, 0.25) is 0 Å². The van der Waals surface area contributed by atoms with Gasteiger partial charge in [-0.1, -0.05) is 26.7 Å². The normalized spacial score (nSPS) is 22.6.